The number of fused-ring (bicyclic) bond motifs is 2. The van der Waals surface area contributed by atoms with Crippen molar-refractivity contribution >= 4 is 34.2 Å². The van der Waals surface area contributed by atoms with E-state index in [-0.39, 0.29) is 10.8 Å². The first-order chi connectivity index (χ1) is 16.8. The van der Waals surface area contributed by atoms with Crippen molar-refractivity contribution in [3.63, 3.8) is 0 Å². The Morgan fingerprint density at radius 2 is 1.42 bits per heavy atom. The van der Waals surface area contributed by atoms with Crippen LogP contribution in [0.5, 0.6) is 17.2 Å². The van der Waals surface area contributed by atoms with Gasteiger partial charge >= 0.3 is 0 Å². The first-order valence-electron chi connectivity index (χ1n) is 12.0. The van der Waals surface area contributed by atoms with E-state index in [4.69, 9.17) is 37.7 Å². The van der Waals surface area contributed by atoms with Gasteiger partial charge in [-0.25, -0.2) is 4.98 Å². The number of rotatable bonds is 2. The van der Waals surface area contributed by atoms with Gasteiger partial charge in [0.1, 0.15) is 24.8 Å². The molecule has 2 heterocycles. The van der Waals surface area contributed by atoms with Gasteiger partial charge in [0.2, 0.25) is 0 Å². The molecule has 0 saturated heterocycles. The van der Waals surface area contributed by atoms with Crippen molar-refractivity contribution in [2.45, 2.75) is 52.4 Å². The predicted octanol–water partition coefficient (Wildman–Crippen LogP) is 8.07. The molecular weight excluding hydrogens is 495 g/mol. The van der Waals surface area contributed by atoms with Crippen LogP contribution in [0.3, 0.4) is 0 Å². The van der Waals surface area contributed by atoms with E-state index in [1.165, 1.54) is 0 Å². The lowest BCUT2D eigenvalue weighted by Gasteiger charge is -2.28. The minimum Gasteiger partial charge on any atom is -0.507 e. The number of nitrogens with zero attached hydrogens (tertiary/aromatic N) is 2. The molecule has 0 amide bonds. The van der Waals surface area contributed by atoms with Crippen LogP contribution in [-0.2, 0) is 10.8 Å². The number of halogens is 2. The van der Waals surface area contributed by atoms with Crippen LogP contribution in [0.1, 0.15) is 52.7 Å². The molecular formula is C29H30Cl2N2O3. The van der Waals surface area contributed by atoms with Crippen LogP contribution in [0.2, 0.25) is 10.0 Å². The third-order valence-electron chi connectivity index (χ3n) is 6.46. The second kappa shape index (κ2) is 8.60. The lowest BCUT2D eigenvalue weighted by molar-refractivity contribution is 0.172. The van der Waals surface area contributed by atoms with E-state index in [1.54, 1.807) is 6.07 Å². The van der Waals surface area contributed by atoms with E-state index in [0.29, 0.717) is 46.3 Å². The molecule has 0 bridgehead atoms. The molecule has 36 heavy (non-hydrogen) atoms. The molecule has 5 rings (SSSR count). The summed E-state index contributed by atoms with van der Waals surface area (Å²) >= 11 is 12.9. The van der Waals surface area contributed by atoms with Crippen LogP contribution in [0.15, 0.2) is 42.5 Å². The van der Waals surface area contributed by atoms with E-state index in [2.05, 4.69) is 46.1 Å². The molecule has 1 aromatic heterocycles. The fourth-order valence-corrected chi connectivity index (χ4v) is 5.11. The van der Waals surface area contributed by atoms with Crippen molar-refractivity contribution in [2.24, 2.45) is 0 Å². The van der Waals surface area contributed by atoms with Crippen molar-refractivity contribution in [3.8, 4) is 34.3 Å². The van der Waals surface area contributed by atoms with Crippen LogP contribution in [0.25, 0.3) is 28.1 Å². The maximum Gasteiger partial charge on any atom is 0.163 e. The smallest absolute Gasteiger partial charge is 0.163 e. The summed E-state index contributed by atoms with van der Waals surface area (Å²) in [7, 11) is 0. The summed E-state index contributed by atoms with van der Waals surface area (Å²) in [4.78, 5) is 5.00. The zero-order chi connectivity index (χ0) is 26.0. The second-order valence-corrected chi connectivity index (χ2v) is 12.1. The summed E-state index contributed by atoms with van der Waals surface area (Å²) in [5.74, 6) is 2.33. The van der Waals surface area contributed by atoms with E-state index in [0.717, 1.165) is 33.4 Å². The second-order valence-electron chi connectivity index (χ2n) is 11.3. The van der Waals surface area contributed by atoms with Gasteiger partial charge in [-0.15, -0.1) is 0 Å². The topological polar surface area (TPSA) is 56.5 Å². The summed E-state index contributed by atoms with van der Waals surface area (Å²) < 4.78 is 13.8. The standard InChI is InChI=1S/C29H30Cl2N2O3/c1-28(2,3)19-12-17(13-20(26(19)34)29(4,5)6)33-23-15-25-24(35-9-10-36-25)14-22(23)32-27(33)18-8-7-16(30)11-21(18)31/h7-8,11-15,34H,9-10H2,1-6H3. The van der Waals surface area contributed by atoms with Crippen LogP contribution in [0, 0.1) is 0 Å². The van der Waals surface area contributed by atoms with Crippen LogP contribution < -0.4 is 9.47 Å². The van der Waals surface area contributed by atoms with Gasteiger partial charge in [-0.1, -0.05) is 64.7 Å². The lowest BCUT2D eigenvalue weighted by atomic mass is 9.79. The van der Waals surface area contributed by atoms with E-state index in [9.17, 15) is 5.11 Å². The summed E-state index contributed by atoms with van der Waals surface area (Å²) in [5, 5.41) is 12.4. The average molecular weight is 525 g/mol. The predicted molar refractivity (Wildman–Crippen MR) is 147 cm³/mol. The molecule has 0 spiro atoms. The fraction of sp³-hybridized carbons (Fsp3) is 0.345. The Morgan fingerprint density at radius 3 is 1.97 bits per heavy atom. The number of hydrogen-bond acceptors (Lipinski definition) is 4. The van der Waals surface area contributed by atoms with E-state index >= 15 is 0 Å². The fourth-order valence-electron chi connectivity index (χ4n) is 4.62. The number of hydrogen-bond donors (Lipinski definition) is 1. The minimum absolute atomic E-state index is 0.287. The Balaban J connectivity index is 1.90. The SMILES string of the molecule is CC(C)(C)c1cc(-n2c(-c3ccc(Cl)cc3Cl)nc3cc4c(cc32)OCCO4)cc(C(C)(C)C)c1O. The van der Waals surface area contributed by atoms with Crippen molar-refractivity contribution in [3.05, 3.63) is 63.6 Å². The van der Waals surface area contributed by atoms with Crippen molar-refractivity contribution in [1.82, 2.24) is 9.55 Å². The molecule has 5 nitrogen and oxygen atoms in total. The molecule has 0 fully saturated rings. The minimum atomic E-state index is -0.287. The van der Waals surface area contributed by atoms with Gasteiger partial charge < -0.3 is 14.6 Å². The molecule has 7 heteroatoms. The number of ether oxygens (including phenoxy) is 2. The van der Waals surface area contributed by atoms with Gasteiger partial charge in [0.05, 0.1) is 16.1 Å². The van der Waals surface area contributed by atoms with E-state index < -0.39 is 0 Å². The Labute approximate surface area is 221 Å². The zero-order valence-electron chi connectivity index (χ0n) is 21.4. The third kappa shape index (κ3) is 4.29. The Morgan fingerprint density at radius 1 is 0.833 bits per heavy atom. The molecule has 0 atom stereocenters. The summed E-state index contributed by atoms with van der Waals surface area (Å²) in [6, 6.07) is 13.4. The van der Waals surface area contributed by atoms with E-state index in [1.807, 2.05) is 36.4 Å². The molecule has 0 saturated carbocycles. The molecule has 1 aliphatic rings. The van der Waals surface area contributed by atoms with Crippen molar-refractivity contribution in [2.75, 3.05) is 13.2 Å². The third-order valence-corrected chi connectivity index (χ3v) is 7.01. The molecule has 0 aliphatic carbocycles. The largest absolute Gasteiger partial charge is 0.507 e. The molecule has 4 aromatic rings. The molecule has 0 radical (unpaired) electrons. The van der Waals surface area contributed by atoms with Crippen molar-refractivity contribution in [1.29, 1.82) is 0 Å². The number of phenols is 1. The highest BCUT2D eigenvalue weighted by atomic mass is 35.5. The van der Waals surface area contributed by atoms with Crippen LogP contribution in [0.4, 0.5) is 0 Å². The Hall–Kier alpha value is -2.89. The van der Waals surface area contributed by atoms with Crippen molar-refractivity contribution < 1.29 is 14.6 Å². The number of aromatic nitrogens is 2. The van der Waals surface area contributed by atoms with Gasteiger partial charge in [-0.3, -0.25) is 4.57 Å². The number of phenolic OH excluding ortho intramolecular Hbond substituents is 1. The first-order valence-corrected chi connectivity index (χ1v) is 12.8. The summed E-state index contributed by atoms with van der Waals surface area (Å²) in [6.07, 6.45) is 0. The van der Waals surface area contributed by atoms with Gasteiger partial charge in [0.15, 0.2) is 11.5 Å². The van der Waals surface area contributed by atoms with Gasteiger partial charge in [0, 0.05) is 39.5 Å². The van der Waals surface area contributed by atoms with Gasteiger partial charge in [0.25, 0.3) is 0 Å². The van der Waals surface area contributed by atoms with Crippen LogP contribution >= 0.6 is 23.2 Å². The molecule has 1 N–H and O–H groups in total. The van der Waals surface area contributed by atoms with Gasteiger partial charge in [-0.2, -0.15) is 0 Å². The molecule has 188 valence electrons. The summed E-state index contributed by atoms with van der Waals surface area (Å²) in [5.41, 5.74) is 4.38. The molecule has 0 unspecified atom stereocenters. The quantitative estimate of drug-likeness (QED) is 0.288. The highest BCUT2D eigenvalue weighted by Gasteiger charge is 2.29. The number of aromatic hydroxyl groups is 1. The maximum atomic E-state index is 11.3. The monoisotopic (exact) mass is 524 g/mol. The highest BCUT2D eigenvalue weighted by Crippen LogP contribution is 2.44. The first kappa shape index (κ1) is 24.8. The Bertz CT molecular complexity index is 1460. The molecule has 3 aromatic carbocycles. The number of benzene rings is 3. The van der Waals surface area contributed by atoms with Gasteiger partial charge in [-0.05, 0) is 41.2 Å². The highest BCUT2D eigenvalue weighted by molar-refractivity contribution is 6.36. The van der Waals surface area contributed by atoms with Crippen LogP contribution in [-0.4, -0.2) is 27.9 Å². The maximum absolute atomic E-state index is 11.3. The molecule has 1 aliphatic heterocycles. The zero-order valence-corrected chi connectivity index (χ0v) is 22.9. The number of imidazole rings is 1. The Kier molecular flexibility index (Phi) is 5.92. The lowest BCUT2D eigenvalue weighted by Crippen LogP contribution is -2.18. The normalized spacial score (nSPS) is 13.9. The summed E-state index contributed by atoms with van der Waals surface area (Å²) in [6.45, 7) is 13.6. The average Bonchev–Trinajstić information content (AvgIpc) is 3.14.